The summed E-state index contributed by atoms with van der Waals surface area (Å²) in [6.07, 6.45) is 6.66. The number of carbonyl (C=O) groups is 2. The Kier molecular flexibility index (Phi) is 5.43. The van der Waals surface area contributed by atoms with E-state index >= 15 is 0 Å². The normalized spacial score (nSPS) is 16.2. The minimum absolute atomic E-state index is 0.0757. The highest BCUT2D eigenvalue weighted by atomic mass is 16.2. The van der Waals surface area contributed by atoms with Crippen LogP contribution in [0.5, 0.6) is 0 Å². The van der Waals surface area contributed by atoms with Crippen LogP contribution in [0.15, 0.2) is 59.5 Å². The molecule has 0 bridgehead atoms. The number of nitrogens with zero attached hydrogens (tertiary/aromatic N) is 1. The number of hydrogen-bond acceptors (Lipinski definition) is 3. The van der Waals surface area contributed by atoms with Crippen molar-refractivity contribution in [3.8, 4) is 0 Å². The summed E-state index contributed by atoms with van der Waals surface area (Å²) in [5.41, 5.74) is 0.0534. The van der Waals surface area contributed by atoms with Gasteiger partial charge in [-0.1, -0.05) is 55.7 Å². The summed E-state index contributed by atoms with van der Waals surface area (Å²) in [7, 11) is 0. The monoisotopic (exact) mass is 338 g/mol. The minimum Gasteiger partial charge on any atom is -0.351 e. The van der Waals surface area contributed by atoms with Crippen molar-refractivity contribution < 1.29 is 9.59 Å². The topological polar surface area (TPSA) is 68.2 Å². The predicted octanol–water partition coefficient (Wildman–Crippen LogP) is 2.72. The number of ketones is 1. The zero-order chi connectivity index (χ0) is 17.6. The summed E-state index contributed by atoms with van der Waals surface area (Å²) in [4.78, 5) is 38.1. The van der Waals surface area contributed by atoms with Crippen LogP contribution < -0.4 is 10.9 Å². The minimum atomic E-state index is -1.18. The quantitative estimate of drug-likeness (QED) is 0.673. The maximum absolute atomic E-state index is 13.0. The number of nitrogens with one attached hydrogen (secondary N) is 1. The Bertz CT molecular complexity index is 792. The van der Waals surface area contributed by atoms with E-state index in [1.807, 2.05) is 6.07 Å². The molecule has 1 aromatic carbocycles. The third kappa shape index (κ3) is 4.05. The lowest BCUT2D eigenvalue weighted by Crippen LogP contribution is -2.45. The fourth-order valence-corrected chi connectivity index (χ4v) is 3.31. The molecule has 0 aliphatic heterocycles. The molecule has 0 unspecified atom stereocenters. The van der Waals surface area contributed by atoms with Gasteiger partial charge in [-0.25, -0.2) is 0 Å². The average molecular weight is 338 g/mol. The number of benzene rings is 1. The van der Waals surface area contributed by atoms with Gasteiger partial charge in [0.05, 0.1) is 0 Å². The molecule has 0 saturated heterocycles. The molecule has 1 amide bonds. The molecule has 25 heavy (non-hydrogen) atoms. The highest BCUT2D eigenvalue weighted by Gasteiger charge is 2.31. The van der Waals surface area contributed by atoms with Crippen LogP contribution in [0.25, 0.3) is 0 Å². The molecule has 1 saturated carbocycles. The Morgan fingerprint density at radius 3 is 2.32 bits per heavy atom. The Morgan fingerprint density at radius 1 is 0.960 bits per heavy atom. The van der Waals surface area contributed by atoms with Gasteiger partial charge in [-0.15, -0.1) is 0 Å². The van der Waals surface area contributed by atoms with E-state index < -0.39 is 11.9 Å². The highest BCUT2D eigenvalue weighted by molar-refractivity contribution is 6.11. The molecule has 1 aliphatic rings. The molecular weight excluding hydrogens is 316 g/mol. The largest absolute Gasteiger partial charge is 0.351 e. The molecule has 1 atom stereocenters. The number of amides is 1. The van der Waals surface area contributed by atoms with Crippen LogP contribution in [0.4, 0.5) is 0 Å². The lowest BCUT2D eigenvalue weighted by Gasteiger charge is -2.26. The molecule has 1 aromatic heterocycles. The zero-order valence-corrected chi connectivity index (χ0v) is 14.1. The summed E-state index contributed by atoms with van der Waals surface area (Å²) in [6.45, 7) is 0. The number of rotatable bonds is 5. The summed E-state index contributed by atoms with van der Waals surface area (Å²) < 4.78 is 1.22. The summed E-state index contributed by atoms with van der Waals surface area (Å²) in [6, 6.07) is 12.1. The van der Waals surface area contributed by atoms with Crippen molar-refractivity contribution in [3.63, 3.8) is 0 Å². The zero-order valence-electron chi connectivity index (χ0n) is 14.1. The van der Waals surface area contributed by atoms with Gasteiger partial charge in [0, 0.05) is 23.9 Å². The van der Waals surface area contributed by atoms with Crippen molar-refractivity contribution in [2.24, 2.45) is 0 Å². The first-order valence-electron chi connectivity index (χ1n) is 8.73. The molecule has 0 radical (unpaired) electrons. The number of hydrogen-bond donors (Lipinski definition) is 1. The first-order valence-corrected chi connectivity index (χ1v) is 8.73. The van der Waals surface area contributed by atoms with Crippen molar-refractivity contribution in [1.82, 2.24) is 9.88 Å². The number of Topliss-reactive ketones (excluding diaryl/α,β-unsaturated/α-hetero) is 1. The van der Waals surface area contributed by atoms with E-state index in [1.165, 1.54) is 23.3 Å². The van der Waals surface area contributed by atoms with Gasteiger partial charge >= 0.3 is 0 Å². The van der Waals surface area contributed by atoms with Gasteiger partial charge < -0.3 is 5.32 Å². The van der Waals surface area contributed by atoms with Crippen LogP contribution in [0.2, 0.25) is 0 Å². The Labute approximate surface area is 146 Å². The molecule has 2 aromatic rings. The fourth-order valence-electron chi connectivity index (χ4n) is 3.31. The van der Waals surface area contributed by atoms with E-state index in [1.54, 1.807) is 36.4 Å². The van der Waals surface area contributed by atoms with Crippen LogP contribution in [0, 0.1) is 0 Å². The maximum atomic E-state index is 13.0. The van der Waals surface area contributed by atoms with Crippen molar-refractivity contribution in [1.29, 1.82) is 0 Å². The second-order valence-corrected chi connectivity index (χ2v) is 6.42. The third-order valence-corrected chi connectivity index (χ3v) is 4.64. The summed E-state index contributed by atoms with van der Waals surface area (Å²) in [5.74, 6) is -0.781. The average Bonchev–Trinajstić information content (AvgIpc) is 2.65. The van der Waals surface area contributed by atoms with Gasteiger partial charge in [-0.2, -0.15) is 0 Å². The molecule has 5 nitrogen and oxygen atoms in total. The van der Waals surface area contributed by atoms with E-state index in [9.17, 15) is 14.4 Å². The molecule has 1 N–H and O–H groups in total. The van der Waals surface area contributed by atoms with Gasteiger partial charge in [-0.3, -0.25) is 19.0 Å². The second-order valence-electron chi connectivity index (χ2n) is 6.42. The maximum Gasteiger partial charge on any atom is 0.251 e. The van der Waals surface area contributed by atoms with Crippen molar-refractivity contribution in [2.75, 3.05) is 0 Å². The lowest BCUT2D eigenvalue weighted by molar-refractivity contribution is -0.124. The van der Waals surface area contributed by atoms with Gasteiger partial charge in [0.2, 0.25) is 0 Å². The van der Waals surface area contributed by atoms with Crippen LogP contribution in [-0.4, -0.2) is 22.3 Å². The highest BCUT2D eigenvalue weighted by Crippen LogP contribution is 2.19. The van der Waals surface area contributed by atoms with E-state index in [4.69, 9.17) is 0 Å². The van der Waals surface area contributed by atoms with Crippen LogP contribution in [-0.2, 0) is 4.79 Å². The molecule has 130 valence electrons. The summed E-state index contributed by atoms with van der Waals surface area (Å²) in [5, 5.41) is 2.98. The predicted molar refractivity (Wildman–Crippen MR) is 95.5 cm³/mol. The van der Waals surface area contributed by atoms with E-state index in [0.717, 1.165) is 25.7 Å². The van der Waals surface area contributed by atoms with Gasteiger partial charge in [-0.05, 0) is 18.9 Å². The van der Waals surface area contributed by atoms with Crippen molar-refractivity contribution in [3.05, 3.63) is 70.6 Å². The second kappa shape index (κ2) is 7.92. The fraction of sp³-hybridized carbons (Fsp3) is 0.350. The first kappa shape index (κ1) is 17.1. The van der Waals surface area contributed by atoms with E-state index in [2.05, 4.69) is 5.32 Å². The Morgan fingerprint density at radius 2 is 1.64 bits per heavy atom. The van der Waals surface area contributed by atoms with Crippen LogP contribution in [0.3, 0.4) is 0 Å². The van der Waals surface area contributed by atoms with Crippen LogP contribution >= 0.6 is 0 Å². The number of carbonyl (C=O) groups excluding carboxylic acids is 2. The molecule has 1 fully saturated rings. The lowest BCUT2D eigenvalue weighted by atomic mass is 9.94. The molecule has 1 heterocycles. The van der Waals surface area contributed by atoms with E-state index in [-0.39, 0.29) is 17.4 Å². The molecular formula is C20H22N2O3. The Hall–Kier alpha value is -2.69. The molecule has 0 spiro atoms. The van der Waals surface area contributed by atoms with Gasteiger partial charge in [0.25, 0.3) is 11.5 Å². The van der Waals surface area contributed by atoms with Crippen molar-refractivity contribution in [2.45, 2.75) is 44.2 Å². The summed E-state index contributed by atoms with van der Waals surface area (Å²) >= 11 is 0. The molecule has 3 rings (SSSR count). The number of aromatic nitrogens is 1. The first-order chi connectivity index (χ1) is 12.2. The SMILES string of the molecule is O=C(NC1CCCCC1)[C@@H](C(=O)c1ccccc1)n1ccccc1=O. The molecule has 5 heteroatoms. The number of pyridine rings is 1. The Balaban J connectivity index is 1.91. The standard InChI is InChI=1S/C20H22N2O3/c23-17-13-7-8-14-22(17)18(19(24)15-9-3-1-4-10-15)20(25)21-16-11-5-2-6-12-16/h1,3-4,7-10,13-14,16,18H,2,5-6,11-12H2,(H,21,25)/t18-/m1/s1. The third-order valence-electron chi connectivity index (χ3n) is 4.64. The molecule has 1 aliphatic carbocycles. The van der Waals surface area contributed by atoms with Gasteiger partial charge in [0.15, 0.2) is 11.8 Å². The van der Waals surface area contributed by atoms with E-state index in [0.29, 0.717) is 5.56 Å². The van der Waals surface area contributed by atoms with Gasteiger partial charge in [0.1, 0.15) is 0 Å². The van der Waals surface area contributed by atoms with Crippen LogP contribution in [0.1, 0.15) is 48.5 Å². The smallest absolute Gasteiger partial charge is 0.251 e. The van der Waals surface area contributed by atoms with Crippen molar-refractivity contribution >= 4 is 11.7 Å².